The van der Waals surface area contributed by atoms with Gasteiger partial charge in [-0.15, -0.1) is 5.10 Å². The number of nitrogens with zero attached hydrogens (tertiary/aromatic N) is 4. The van der Waals surface area contributed by atoms with Gasteiger partial charge < -0.3 is 29.6 Å². The lowest BCUT2D eigenvalue weighted by Gasteiger charge is -2.44. The van der Waals surface area contributed by atoms with E-state index in [0.29, 0.717) is 12.1 Å². The zero-order valence-corrected chi connectivity index (χ0v) is 20.9. The number of carbonyl (C=O) groups is 1. The Kier molecular flexibility index (Phi) is 7.89. The summed E-state index contributed by atoms with van der Waals surface area (Å²) >= 11 is 0. The molecule has 5 atom stereocenters. The highest BCUT2D eigenvalue weighted by atomic mass is 19.2. The van der Waals surface area contributed by atoms with Crippen LogP contribution in [0.15, 0.2) is 23.5 Å². The van der Waals surface area contributed by atoms with Crippen LogP contribution in [-0.4, -0.2) is 85.2 Å². The number of carboxylic acids is 1. The molecule has 212 valence electrons. The molecule has 39 heavy (non-hydrogen) atoms. The number of ether oxygens (including phenoxy) is 2. The average molecular weight is 555 g/mol. The number of halogens is 3. The van der Waals surface area contributed by atoms with Crippen LogP contribution in [-0.2, 0) is 19.1 Å². The van der Waals surface area contributed by atoms with E-state index in [1.54, 1.807) is 0 Å². The van der Waals surface area contributed by atoms with Crippen molar-refractivity contribution in [1.29, 1.82) is 0 Å². The van der Waals surface area contributed by atoms with Crippen LogP contribution in [0, 0.1) is 17.5 Å². The fourth-order valence-electron chi connectivity index (χ4n) is 5.67. The number of aliphatic hydroxyl groups is 2. The van der Waals surface area contributed by atoms with Gasteiger partial charge in [0.25, 0.3) is 0 Å². The fourth-order valence-corrected chi connectivity index (χ4v) is 5.67. The topological polar surface area (TPSA) is 149 Å². The van der Waals surface area contributed by atoms with Gasteiger partial charge in [0.15, 0.2) is 17.5 Å². The van der Waals surface area contributed by atoms with Gasteiger partial charge in [-0.3, -0.25) is 0 Å². The van der Waals surface area contributed by atoms with Crippen LogP contribution < -0.4 is 0 Å². The molecule has 1 aromatic heterocycles. The summed E-state index contributed by atoms with van der Waals surface area (Å²) in [6, 6.07) is 0.400. The van der Waals surface area contributed by atoms with Crippen molar-refractivity contribution >= 4 is 11.7 Å². The van der Waals surface area contributed by atoms with Gasteiger partial charge >= 0.3 is 5.97 Å². The van der Waals surface area contributed by atoms with Crippen LogP contribution in [0.25, 0.3) is 11.3 Å². The Morgan fingerprint density at radius 3 is 2.54 bits per heavy atom. The molecule has 3 N–H and O–H groups in total. The molecular formula is C25H29F3N4O7. The summed E-state index contributed by atoms with van der Waals surface area (Å²) in [5.74, 6) is -5.71. The zero-order valence-electron chi connectivity index (χ0n) is 20.9. The van der Waals surface area contributed by atoms with E-state index in [2.05, 4.69) is 15.5 Å². The van der Waals surface area contributed by atoms with Crippen molar-refractivity contribution in [3.63, 3.8) is 0 Å². The van der Waals surface area contributed by atoms with Gasteiger partial charge in [0.2, 0.25) is 0 Å². The molecule has 3 aliphatic rings. The van der Waals surface area contributed by atoms with E-state index in [4.69, 9.17) is 14.3 Å². The van der Waals surface area contributed by atoms with Gasteiger partial charge in [0.05, 0.1) is 24.6 Å². The van der Waals surface area contributed by atoms with Crippen molar-refractivity contribution in [2.24, 2.45) is 5.16 Å². The molecule has 1 aromatic carbocycles. The van der Waals surface area contributed by atoms with Crippen molar-refractivity contribution in [2.45, 2.75) is 81.0 Å². The predicted molar refractivity (Wildman–Crippen MR) is 127 cm³/mol. The first-order valence-electron chi connectivity index (χ1n) is 12.8. The molecule has 1 spiro atoms. The van der Waals surface area contributed by atoms with Gasteiger partial charge in [-0.1, -0.05) is 16.8 Å². The summed E-state index contributed by atoms with van der Waals surface area (Å²) < 4.78 is 53.9. The Morgan fingerprint density at radius 1 is 1.15 bits per heavy atom. The van der Waals surface area contributed by atoms with E-state index >= 15 is 0 Å². The Balaban J connectivity index is 1.43. The number of benzene rings is 1. The molecule has 0 radical (unpaired) electrons. The molecule has 2 aliphatic heterocycles. The maximum absolute atomic E-state index is 13.8. The average Bonchev–Trinajstić information content (AvgIpc) is 3.54. The van der Waals surface area contributed by atoms with Crippen molar-refractivity contribution < 1.29 is 47.6 Å². The van der Waals surface area contributed by atoms with Gasteiger partial charge in [0.1, 0.15) is 42.3 Å². The Morgan fingerprint density at radius 2 is 1.87 bits per heavy atom. The SMILES string of the molecule is O=C(O)CO[C@@H]1[C@@H](n2cc(-c3cc(F)c(F)c(F)c3)nn2)[C@@H](O)[C@@H](CO)O[C@@H]1CC1=NOC2(CCCCC2)C1. The molecule has 2 fully saturated rings. The van der Waals surface area contributed by atoms with Gasteiger partial charge in [-0.25, -0.2) is 22.6 Å². The number of hydrogen-bond acceptors (Lipinski definition) is 9. The van der Waals surface area contributed by atoms with Crippen LogP contribution in [0.4, 0.5) is 13.2 Å². The number of carboxylic acid groups (broad SMARTS) is 1. The maximum Gasteiger partial charge on any atom is 0.329 e. The summed E-state index contributed by atoms with van der Waals surface area (Å²) in [4.78, 5) is 17.2. The summed E-state index contributed by atoms with van der Waals surface area (Å²) in [6.07, 6.45) is 2.49. The molecule has 0 unspecified atom stereocenters. The minimum Gasteiger partial charge on any atom is -0.480 e. The normalized spacial score (nSPS) is 28.3. The first-order chi connectivity index (χ1) is 18.7. The molecule has 14 heteroatoms. The van der Waals surface area contributed by atoms with E-state index < -0.39 is 67.1 Å². The number of oxime groups is 1. The first-order valence-corrected chi connectivity index (χ1v) is 12.8. The second kappa shape index (κ2) is 11.2. The lowest BCUT2D eigenvalue weighted by Crippen LogP contribution is -2.57. The highest BCUT2D eigenvalue weighted by Gasteiger charge is 2.49. The smallest absolute Gasteiger partial charge is 0.329 e. The Bertz CT molecular complexity index is 1210. The molecule has 0 bridgehead atoms. The molecular weight excluding hydrogens is 525 g/mol. The number of aromatic nitrogens is 3. The van der Waals surface area contributed by atoms with E-state index in [1.807, 2.05) is 0 Å². The van der Waals surface area contributed by atoms with Crippen molar-refractivity contribution in [2.75, 3.05) is 13.2 Å². The van der Waals surface area contributed by atoms with Crippen molar-refractivity contribution in [3.8, 4) is 11.3 Å². The van der Waals surface area contributed by atoms with E-state index in [9.17, 15) is 33.3 Å². The number of aliphatic carboxylic acids is 1. The van der Waals surface area contributed by atoms with E-state index in [-0.39, 0.29) is 23.3 Å². The van der Waals surface area contributed by atoms with Gasteiger partial charge in [0, 0.05) is 18.4 Å². The quantitative estimate of drug-likeness (QED) is 0.418. The van der Waals surface area contributed by atoms with Crippen LogP contribution in [0.1, 0.15) is 51.0 Å². The summed E-state index contributed by atoms with van der Waals surface area (Å²) in [6.45, 7) is -1.29. The first kappa shape index (κ1) is 27.5. The van der Waals surface area contributed by atoms with Crippen LogP contribution in [0.2, 0.25) is 0 Å². The second-order valence-corrected chi connectivity index (χ2v) is 10.3. The largest absolute Gasteiger partial charge is 0.480 e. The third-order valence-corrected chi connectivity index (χ3v) is 7.55. The summed E-state index contributed by atoms with van der Waals surface area (Å²) in [5.41, 5.74) is 0.186. The molecule has 3 heterocycles. The predicted octanol–water partition coefficient (Wildman–Crippen LogP) is 2.36. The Labute approximate surface area is 221 Å². The minimum absolute atomic E-state index is 0.0339. The summed E-state index contributed by atoms with van der Waals surface area (Å²) in [7, 11) is 0. The lowest BCUT2D eigenvalue weighted by atomic mass is 9.80. The summed E-state index contributed by atoms with van der Waals surface area (Å²) in [5, 5.41) is 42.4. The van der Waals surface area contributed by atoms with E-state index in [0.717, 1.165) is 44.2 Å². The number of hydrogen-bond donors (Lipinski definition) is 3. The van der Waals surface area contributed by atoms with Gasteiger partial charge in [-0.05, 0) is 37.8 Å². The third kappa shape index (κ3) is 5.64. The van der Waals surface area contributed by atoms with Crippen molar-refractivity contribution in [1.82, 2.24) is 15.0 Å². The maximum atomic E-state index is 13.8. The highest BCUT2D eigenvalue weighted by Crippen LogP contribution is 2.41. The highest BCUT2D eigenvalue weighted by molar-refractivity contribution is 5.86. The third-order valence-electron chi connectivity index (χ3n) is 7.55. The molecule has 0 amide bonds. The van der Waals surface area contributed by atoms with Crippen LogP contribution in [0.3, 0.4) is 0 Å². The van der Waals surface area contributed by atoms with Gasteiger partial charge in [-0.2, -0.15) is 0 Å². The zero-order chi connectivity index (χ0) is 27.7. The molecule has 2 aromatic rings. The van der Waals surface area contributed by atoms with Crippen LogP contribution in [0.5, 0.6) is 0 Å². The number of rotatable bonds is 8. The minimum atomic E-state index is -1.63. The molecule has 1 saturated heterocycles. The molecule has 1 saturated carbocycles. The molecule has 5 rings (SSSR count). The standard InChI is InChI=1S/C25H29F3N4O7/c26-15-6-13(7-16(27)21(15)28)17-10-32(31-29-17)22-23(36)19(11-33)38-18(24(22)37-12-20(34)35)8-14-9-25(39-30-14)4-2-1-3-5-25/h6-7,10,18-19,22-24,33,36H,1-5,8-9,11-12H2,(H,34,35)/t18-,19-,22+,23+,24+/m1/s1. The number of aliphatic hydroxyl groups excluding tert-OH is 2. The fraction of sp³-hybridized carbons (Fsp3) is 0.600. The Hall–Kier alpha value is -3.07. The lowest BCUT2D eigenvalue weighted by molar-refractivity contribution is -0.218. The monoisotopic (exact) mass is 554 g/mol. The van der Waals surface area contributed by atoms with E-state index in [1.165, 1.54) is 10.9 Å². The van der Waals surface area contributed by atoms with Crippen molar-refractivity contribution in [3.05, 3.63) is 35.8 Å². The second-order valence-electron chi connectivity index (χ2n) is 10.3. The molecule has 11 nitrogen and oxygen atoms in total. The molecule has 1 aliphatic carbocycles. The van der Waals surface area contributed by atoms with Crippen LogP contribution >= 0.6 is 0 Å².